The minimum atomic E-state index is -0.253. The van der Waals surface area contributed by atoms with Crippen LogP contribution in [0, 0.1) is 19.7 Å². The van der Waals surface area contributed by atoms with Crippen LogP contribution in [0.3, 0.4) is 0 Å². The number of carbonyl (C=O) groups excluding carboxylic acids is 1. The standard InChI is InChI=1S/C26H27FN2OS/c1-16-6-5-8-22(17(16)2)28-26(30)29-15-14-21-20-7-3-4-9-23(20)31-25(21)24(29)18-10-12-19(27)13-11-18/h5-6,8,10-13,24H,3-4,7,9,14-15H2,1-2H3,(H,28,30)/t24-/m1/s1. The van der Waals surface area contributed by atoms with E-state index in [0.29, 0.717) is 6.54 Å². The molecule has 160 valence electrons. The summed E-state index contributed by atoms with van der Waals surface area (Å²) >= 11 is 1.86. The minimum absolute atomic E-state index is 0.0972. The predicted octanol–water partition coefficient (Wildman–Crippen LogP) is 6.56. The average Bonchev–Trinajstić information content (AvgIpc) is 3.15. The number of halogens is 1. The van der Waals surface area contributed by atoms with Crippen LogP contribution >= 0.6 is 11.3 Å². The molecular weight excluding hydrogens is 407 g/mol. The quantitative estimate of drug-likeness (QED) is 0.486. The Labute approximate surface area is 186 Å². The minimum Gasteiger partial charge on any atom is -0.312 e. The molecule has 0 fully saturated rings. The molecule has 2 aliphatic rings. The number of hydrogen-bond acceptors (Lipinski definition) is 2. The normalized spacial score (nSPS) is 17.8. The van der Waals surface area contributed by atoms with Gasteiger partial charge in [-0.25, -0.2) is 9.18 Å². The van der Waals surface area contributed by atoms with Crippen molar-refractivity contribution in [2.45, 2.75) is 52.0 Å². The number of fused-ring (bicyclic) bond motifs is 3. The van der Waals surface area contributed by atoms with Gasteiger partial charge in [0.25, 0.3) is 0 Å². The predicted molar refractivity (Wildman–Crippen MR) is 125 cm³/mol. The number of rotatable bonds is 2. The molecule has 1 atom stereocenters. The molecule has 2 heterocycles. The number of hydrogen-bond donors (Lipinski definition) is 1. The first-order valence-electron chi connectivity index (χ1n) is 11.1. The van der Waals surface area contributed by atoms with Crippen molar-refractivity contribution in [3.8, 4) is 0 Å². The molecule has 2 aromatic carbocycles. The third kappa shape index (κ3) is 3.65. The number of benzene rings is 2. The van der Waals surface area contributed by atoms with Crippen LogP contribution in [0.2, 0.25) is 0 Å². The second kappa shape index (κ2) is 8.12. The lowest BCUT2D eigenvalue weighted by Crippen LogP contribution is -2.42. The summed E-state index contributed by atoms with van der Waals surface area (Å²) in [5, 5.41) is 3.14. The number of anilines is 1. The first-order chi connectivity index (χ1) is 15.0. The van der Waals surface area contributed by atoms with Crippen molar-refractivity contribution in [3.63, 3.8) is 0 Å². The average molecular weight is 435 g/mol. The summed E-state index contributed by atoms with van der Waals surface area (Å²) in [4.78, 5) is 18.2. The zero-order valence-electron chi connectivity index (χ0n) is 18.0. The Morgan fingerprint density at radius 1 is 1.03 bits per heavy atom. The molecule has 1 aliphatic heterocycles. The molecule has 0 bridgehead atoms. The molecule has 0 radical (unpaired) electrons. The van der Waals surface area contributed by atoms with E-state index in [4.69, 9.17) is 0 Å². The third-order valence-corrected chi connectivity index (χ3v) is 8.15. The summed E-state index contributed by atoms with van der Waals surface area (Å²) < 4.78 is 13.7. The molecular formula is C26H27FN2OS. The second-order valence-electron chi connectivity index (χ2n) is 8.63. The van der Waals surface area contributed by atoms with Gasteiger partial charge < -0.3 is 10.2 Å². The van der Waals surface area contributed by atoms with Crippen LogP contribution in [0.25, 0.3) is 0 Å². The zero-order valence-corrected chi connectivity index (χ0v) is 18.8. The SMILES string of the molecule is Cc1cccc(NC(=O)N2CCc3c(sc4c3CCCC4)[C@H]2c2ccc(F)cc2)c1C. The van der Waals surface area contributed by atoms with E-state index in [0.717, 1.165) is 41.6 Å². The fourth-order valence-corrected chi connectivity index (χ4v) is 6.50. The molecule has 1 aromatic heterocycles. The van der Waals surface area contributed by atoms with Crippen LogP contribution in [-0.2, 0) is 19.3 Å². The summed E-state index contributed by atoms with van der Waals surface area (Å²) in [6.07, 6.45) is 5.65. The molecule has 5 heteroatoms. The van der Waals surface area contributed by atoms with Gasteiger partial charge in [0, 0.05) is 22.0 Å². The van der Waals surface area contributed by atoms with Gasteiger partial charge in [-0.15, -0.1) is 11.3 Å². The molecule has 1 aliphatic carbocycles. The molecule has 3 nitrogen and oxygen atoms in total. The monoisotopic (exact) mass is 434 g/mol. The van der Waals surface area contributed by atoms with Gasteiger partial charge >= 0.3 is 6.03 Å². The summed E-state index contributed by atoms with van der Waals surface area (Å²) in [6, 6.07) is 12.3. The first-order valence-corrected chi connectivity index (χ1v) is 11.9. The summed E-state index contributed by atoms with van der Waals surface area (Å²) in [5.74, 6) is -0.253. The number of carbonyl (C=O) groups is 1. The largest absolute Gasteiger partial charge is 0.322 e. The van der Waals surface area contributed by atoms with Crippen LogP contribution in [0.5, 0.6) is 0 Å². The van der Waals surface area contributed by atoms with Gasteiger partial charge in [0.05, 0.1) is 6.04 Å². The summed E-state index contributed by atoms with van der Waals surface area (Å²) in [5.41, 5.74) is 7.01. The maximum absolute atomic E-state index is 13.7. The second-order valence-corrected chi connectivity index (χ2v) is 9.77. The van der Waals surface area contributed by atoms with Crippen molar-refractivity contribution in [3.05, 3.63) is 85.9 Å². The van der Waals surface area contributed by atoms with Gasteiger partial charge in [0.15, 0.2) is 0 Å². The van der Waals surface area contributed by atoms with Gasteiger partial charge in [-0.2, -0.15) is 0 Å². The number of nitrogens with one attached hydrogen (secondary N) is 1. The van der Waals surface area contributed by atoms with Crippen LogP contribution in [0.1, 0.15) is 56.5 Å². The topological polar surface area (TPSA) is 32.3 Å². The molecule has 1 N–H and O–H groups in total. The maximum Gasteiger partial charge on any atom is 0.322 e. The van der Waals surface area contributed by atoms with Crippen LogP contribution in [0.15, 0.2) is 42.5 Å². The van der Waals surface area contributed by atoms with E-state index in [2.05, 4.69) is 18.3 Å². The number of aryl methyl sites for hydroxylation is 2. The van der Waals surface area contributed by atoms with Gasteiger partial charge in [-0.1, -0.05) is 24.3 Å². The Morgan fingerprint density at radius 2 is 1.81 bits per heavy atom. The van der Waals surface area contributed by atoms with Gasteiger partial charge in [0.1, 0.15) is 5.82 Å². The van der Waals surface area contributed by atoms with Gasteiger partial charge in [0.2, 0.25) is 0 Å². The Hall–Kier alpha value is -2.66. The smallest absolute Gasteiger partial charge is 0.312 e. The summed E-state index contributed by atoms with van der Waals surface area (Å²) in [6.45, 7) is 4.74. The molecule has 5 rings (SSSR count). The Balaban J connectivity index is 1.54. The fraction of sp³-hybridized carbons (Fsp3) is 0.346. The van der Waals surface area contributed by atoms with E-state index in [9.17, 15) is 9.18 Å². The van der Waals surface area contributed by atoms with E-state index < -0.39 is 0 Å². The van der Waals surface area contributed by atoms with E-state index in [1.165, 1.54) is 45.9 Å². The Bertz CT molecular complexity index is 1140. The van der Waals surface area contributed by atoms with Crippen LogP contribution in [-0.4, -0.2) is 17.5 Å². The lowest BCUT2D eigenvalue weighted by molar-refractivity contribution is 0.195. The highest BCUT2D eigenvalue weighted by Crippen LogP contribution is 2.45. The highest BCUT2D eigenvalue weighted by molar-refractivity contribution is 7.12. The van der Waals surface area contributed by atoms with E-state index in [1.807, 2.05) is 47.4 Å². The fourth-order valence-electron chi connectivity index (χ4n) is 4.92. The van der Waals surface area contributed by atoms with E-state index in [-0.39, 0.29) is 17.9 Å². The van der Waals surface area contributed by atoms with Crippen molar-refractivity contribution >= 4 is 23.1 Å². The number of amides is 2. The van der Waals surface area contributed by atoms with Crippen molar-refractivity contribution in [1.29, 1.82) is 0 Å². The van der Waals surface area contributed by atoms with Crippen molar-refractivity contribution in [2.75, 3.05) is 11.9 Å². The van der Waals surface area contributed by atoms with Crippen LogP contribution in [0.4, 0.5) is 14.9 Å². The number of thiophene rings is 1. The number of urea groups is 1. The molecule has 0 saturated carbocycles. The maximum atomic E-state index is 13.7. The lowest BCUT2D eigenvalue weighted by atomic mass is 9.88. The number of nitrogens with zero attached hydrogens (tertiary/aromatic N) is 1. The first kappa shape index (κ1) is 20.3. The molecule has 31 heavy (non-hydrogen) atoms. The van der Waals surface area contributed by atoms with Crippen molar-refractivity contribution in [1.82, 2.24) is 4.90 Å². The van der Waals surface area contributed by atoms with E-state index in [1.54, 1.807) is 0 Å². The van der Waals surface area contributed by atoms with Crippen LogP contribution < -0.4 is 5.32 Å². The lowest BCUT2D eigenvalue weighted by Gasteiger charge is -2.36. The van der Waals surface area contributed by atoms with Crippen molar-refractivity contribution < 1.29 is 9.18 Å². The van der Waals surface area contributed by atoms with Gasteiger partial charge in [-0.05, 0) is 92.0 Å². The van der Waals surface area contributed by atoms with Gasteiger partial charge in [-0.3, -0.25) is 0 Å². The Morgan fingerprint density at radius 3 is 2.61 bits per heavy atom. The highest BCUT2D eigenvalue weighted by Gasteiger charge is 2.36. The zero-order chi connectivity index (χ0) is 21.5. The Kier molecular flexibility index (Phi) is 5.30. The summed E-state index contributed by atoms with van der Waals surface area (Å²) in [7, 11) is 0. The molecule has 0 saturated heterocycles. The van der Waals surface area contributed by atoms with Crippen molar-refractivity contribution in [2.24, 2.45) is 0 Å². The third-order valence-electron chi connectivity index (χ3n) is 6.77. The molecule has 2 amide bonds. The molecule has 3 aromatic rings. The molecule has 0 spiro atoms. The molecule has 0 unspecified atom stereocenters. The van der Waals surface area contributed by atoms with E-state index >= 15 is 0 Å². The highest BCUT2D eigenvalue weighted by atomic mass is 32.1.